The molecule has 56 heavy (non-hydrogen) atoms. The molecule has 0 unspecified atom stereocenters. The molecule has 0 bridgehead atoms. The fourth-order valence-corrected chi connectivity index (χ4v) is 7.91. The van der Waals surface area contributed by atoms with Gasteiger partial charge in [0, 0.05) is 37.7 Å². The number of rotatable bonds is 9. The fraction of sp³-hybridized carbons (Fsp3) is 0.250. The highest BCUT2D eigenvalue weighted by Crippen LogP contribution is 2.40. The summed E-state index contributed by atoms with van der Waals surface area (Å²) in [4.78, 5) is 45.6. The number of hydrogen-bond donors (Lipinski definition) is 1. The zero-order valence-corrected chi connectivity index (χ0v) is 31.0. The number of aromatic nitrogens is 1. The van der Waals surface area contributed by atoms with Crippen molar-refractivity contribution in [1.82, 2.24) is 14.8 Å². The van der Waals surface area contributed by atoms with Crippen LogP contribution in [0.3, 0.4) is 0 Å². The summed E-state index contributed by atoms with van der Waals surface area (Å²) in [6, 6.07) is 26.3. The molecular weight excluding hydrogens is 711 g/mol. The summed E-state index contributed by atoms with van der Waals surface area (Å²) < 4.78 is 23.9. The number of benzene rings is 4. The van der Waals surface area contributed by atoms with Crippen LogP contribution in [0.1, 0.15) is 59.9 Å². The first-order chi connectivity index (χ1) is 27.4. The summed E-state index contributed by atoms with van der Waals surface area (Å²) in [7, 11) is 3.06. The van der Waals surface area contributed by atoms with E-state index < -0.39 is 0 Å². The number of pyridine rings is 1. The normalized spacial score (nSPS) is 17.7. The van der Waals surface area contributed by atoms with Crippen molar-refractivity contribution >= 4 is 35.6 Å². The molecule has 4 aromatic carbocycles. The number of carbonyl (C=O) groups is 2. The summed E-state index contributed by atoms with van der Waals surface area (Å²) in [5, 5.41) is 10.1. The average Bonchev–Trinajstić information content (AvgIpc) is 3.45. The number of carbonyl (C=O) groups excluding carboxylic acids is 2. The van der Waals surface area contributed by atoms with E-state index in [4.69, 9.17) is 33.9 Å². The fourth-order valence-electron chi connectivity index (χ4n) is 7.91. The van der Waals surface area contributed by atoms with Crippen molar-refractivity contribution in [3.63, 3.8) is 0 Å². The number of ether oxygens (including phenoxy) is 4. The second-order valence-electron chi connectivity index (χ2n) is 14.2. The van der Waals surface area contributed by atoms with Gasteiger partial charge in [0.2, 0.25) is 0 Å². The molecule has 4 aliphatic heterocycles. The number of aliphatic imine (C=N–C) groups is 2. The van der Waals surface area contributed by atoms with E-state index in [0.29, 0.717) is 88.4 Å². The van der Waals surface area contributed by atoms with Gasteiger partial charge in [-0.05, 0) is 64.9 Å². The molecule has 0 saturated heterocycles. The van der Waals surface area contributed by atoms with Gasteiger partial charge in [0.25, 0.3) is 11.8 Å². The first kappa shape index (κ1) is 35.2. The standard InChI is InChI=1S/C44H39N5O7/c1-53-39-15-35-37(45-19-33-13-27-7-3-5-9-29(27)21-48(33)43(35)51)17-41(39)55-24-31-11-26(23-50)12-32(47-31)25-56-42-18-38-36(16-40(42)54-2)44(52)49-22-30-10-6-4-8-28(30)14-34(49)20-46-38/h3-12,15-20,33-34,50H,13-14,21-25H2,1-2H3/t33-,34-/m0/s1. The molecule has 4 aliphatic rings. The van der Waals surface area contributed by atoms with Gasteiger partial charge in [-0.2, -0.15) is 0 Å². The van der Waals surface area contributed by atoms with Crippen LogP contribution >= 0.6 is 0 Å². The molecule has 5 aromatic rings. The van der Waals surface area contributed by atoms with Crippen LogP contribution in [0.2, 0.25) is 0 Å². The Morgan fingerprint density at radius 3 is 1.50 bits per heavy atom. The van der Waals surface area contributed by atoms with Crippen molar-refractivity contribution in [3.8, 4) is 23.0 Å². The van der Waals surface area contributed by atoms with E-state index in [1.54, 1.807) is 36.4 Å². The molecule has 0 fully saturated rings. The van der Waals surface area contributed by atoms with Gasteiger partial charge in [0.15, 0.2) is 23.0 Å². The lowest BCUT2D eigenvalue weighted by molar-refractivity contribution is 0.0696. The molecule has 1 N–H and O–H groups in total. The third-order valence-corrected chi connectivity index (χ3v) is 10.8. The topological polar surface area (TPSA) is 135 Å². The number of aliphatic hydroxyl groups is 1. The number of amides is 2. The van der Waals surface area contributed by atoms with E-state index >= 15 is 0 Å². The lowest BCUT2D eigenvalue weighted by Crippen LogP contribution is -2.44. The van der Waals surface area contributed by atoms with Crippen LogP contribution in [0.15, 0.2) is 94.9 Å². The number of fused-ring (bicyclic) bond motifs is 6. The molecule has 0 spiro atoms. The largest absolute Gasteiger partial charge is 0.493 e. The van der Waals surface area contributed by atoms with Gasteiger partial charge < -0.3 is 33.9 Å². The van der Waals surface area contributed by atoms with E-state index in [-0.39, 0.29) is 43.7 Å². The van der Waals surface area contributed by atoms with Crippen LogP contribution in [-0.2, 0) is 45.8 Å². The number of nitrogens with zero attached hydrogens (tertiary/aromatic N) is 5. The molecular formula is C44H39N5O7. The number of hydrogen-bond acceptors (Lipinski definition) is 10. The quantitative estimate of drug-likeness (QED) is 0.185. The smallest absolute Gasteiger partial charge is 0.257 e. The van der Waals surface area contributed by atoms with Crippen molar-refractivity contribution in [2.75, 3.05) is 14.2 Å². The van der Waals surface area contributed by atoms with E-state index in [1.807, 2.05) is 46.5 Å². The van der Waals surface area contributed by atoms with E-state index in [1.165, 1.54) is 25.3 Å². The molecule has 2 amide bonds. The zero-order valence-electron chi connectivity index (χ0n) is 31.0. The predicted molar refractivity (Wildman–Crippen MR) is 209 cm³/mol. The van der Waals surface area contributed by atoms with Crippen molar-refractivity contribution in [2.45, 2.75) is 57.8 Å². The van der Waals surface area contributed by atoms with Gasteiger partial charge in [-0.25, -0.2) is 0 Å². The molecule has 12 nitrogen and oxygen atoms in total. The minimum atomic E-state index is -0.219. The van der Waals surface area contributed by atoms with Gasteiger partial charge in [0.1, 0.15) is 13.2 Å². The minimum absolute atomic E-state index is 0.0399. The molecule has 1 aromatic heterocycles. The Hall–Kier alpha value is -6.53. The molecule has 12 heteroatoms. The summed E-state index contributed by atoms with van der Waals surface area (Å²) in [6.45, 7) is 0.874. The second kappa shape index (κ2) is 14.6. The van der Waals surface area contributed by atoms with Gasteiger partial charge in [0.05, 0.1) is 66.8 Å². The van der Waals surface area contributed by atoms with Crippen LogP contribution in [-0.4, -0.2) is 70.4 Å². The molecule has 0 aliphatic carbocycles. The van der Waals surface area contributed by atoms with E-state index in [2.05, 4.69) is 24.3 Å². The molecule has 2 atom stereocenters. The molecule has 0 radical (unpaired) electrons. The third-order valence-electron chi connectivity index (χ3n) is 10.8. The number of aliphatic hydroxyl groups excluding tert-OH is 1. The van der Waals surface area contributed by atoms with Gasteiger partial charge in [-0.3, -0.25) is 24.6 Å². The van der Waals surface area contributed by atoms with Crippen molar-refractivity contribution in [2.24, 2.45) is 9.98 Å². The second-order valence-corrected chi connectivity index (χ2v) is 14.2. The maximum atomic E-state index is 13.8. The molecule has 0 saturated carbocycles. The summed E-state index contributed by atoms with van der Waals surface area (Å²) in [6.07, 6.45) is 5.06. The van der Waals surface area contributed by atoms with Crippen molar-refractivity contribution in [3.05, 3.63) is 135 Å². The monoisotopic (exact) mass is 749 g/mol. The van der Waals surface area contributed by atoms with Crippen LogP contribution in [0.5, 0.6) is 23.0 Å². The van der Waals surface area contributed by atoms with Crippen LogP contribution in [0.25, 0.3) is 0 Å². The SMILES string of the molecule is COc1cc2c(cc1OCc1cc(CO)cc(COc3cc4c(cc3OC)C(=O)N3Cc5ccccc5C[C@H]3C=N4)n1)N=C[C@@H]1Cc3ccccc3CN1C2=O. The maximum absolute atomic E-state index is 13.8. The summed E-state index contributed by atoms with van der Waals surface area (Å²) in [5.41, 5.74) is 8.29. The highest BCUT2D eigenvalue weighted by atomic mass is 16.5. The van der Waals surface area contributed by atoms with Gasteiger partial charge >= 0.3 is 0 Å². The maximum Gasteiger partial charge on any atom is 0.257 e. The third kappa shape index (κ3) is 6.51. The van der Waals surface area contributed by atoms with Crippen molar-refractivity contribution < 1.29 is 33.6 Å². The average molecular weight is 750 g/mol. The molecule has 5 heterocycles. The lowest BCUT2D eigenvalue weighted by atomic mass is 9.94. The highest BCUT2D eigenvalue weighted by molar-refractivity contribution is 6.04. The zero-order chi connectivity index (χ0) is 38.3. The summed E-state index contributed by atoms with van der Waals surface area (Å²) >= 11 is 0. The van der Waals surface area contributed by atoms with Crippen LogP contribution in [0, 0.1) is 0 Å². The Morgan fingerprint density at radius 1 is 0.625 bits per heavy atom. The molecule has 282 valence electrons. The Bertz CT molecular complexity index is 2280. The highest BCUT2D eigenvalue weighted by Gasteiger charge is 2.35. The predicted octanol–water partition coefficient (Wildman–Crippen LogP) is 6.32. The van der Waals surface area contributed by atoms with Gasteiger partial charge in [-0.15, -0.1) is 0 Å². The minimum Gasteiger partial charge on any atom is -0.493 e. The Morgan fingerprint density at radius 2 is 1.07 bits per heavy atom. The lowest BCUT2D eigenvalue weighted by Gasteiger charge is -2.34. The summed E-state index contributed by atoms with van der Waals surface area (Å²) in [5.74, 6) is 1.35. The van der Waals surface area contributed by atoms with Crippen LogP contribution in [0.4, 0.5) is 11.4 Å². The van der Waals surface area contributed by atoms with Gasteiger partial charge in [-0.1, -0.05) is 48.5 Å². The Labute approximate surface area is 323 Å². The Kier molecular flexibility index (Phi) is 9.18. The number of methoxy groups -OCH3 is 2. The van der Waals surface area contributed by atoms with E-state index in [9.17, 15) is 14.7 Å². The first-order valence-electron chi connectivity index (χ1n) is 18.5. The van der Waals surface area contributed by atoms with Crippen molar-refractivity contribution in [1.29, 1.82) is 0 Å². The Balaban J connectivity index is 0.925. The van der Waals surface area contributed by atoms with E-state index in [0.717, 1.165) is 11.1 Å². The van der Waals surface area contributed by atoms with Crippen LogP contribution < -0.4 is 18.9 Å². The molecule has 9 rings (SSSR count). The first-order valence-corrected chi connectivity index (χ1v) is 18.5.